The fourth-order valence-electron chi connectivity index (χ4n) is 1.61. The molecule has 0 atom stereocenters. The minimum Gasteiger partial charge on any atom is -0.232 e. The van der Waals surface area contributed by atoms with Gasteiger partial charge in [-0.3, -0.25) is 0 Å². The maximum absolute atomic E-state index is 14.3. The van der Waals surface area contributed by atoms with Gasteiger partial charge in [-0.1, -0.05) is 32.4 Å². The van der Waals surface area contributed by atoms with E-state index < -0.39 is 5.82 Å². The SMILES string of the molecule is CC(C)(C)c1nc(Br)cc(-c2ccc(Br)c(Cl)c2F)n1. The van der Waals surface area contributed by atoms with E-state index in [0.29, 0.717) is 26.2 Å². The minimum absolute atomic E-state index is 0.0505. The zero-order valence-electron chi connectivity index (χ0n) is 11.1. The molecule has 2 rings (SSSR count). The van der Waals surface area contributed by atoms with Crippen LogP contribution in [0.3, 0.4) is 0 Å². The quantitative estimate of drug-likeness (QED) is 0.431. The van der Waals surface area contributed by atoms with Gasteiger partial charge in [0.2, 0.25) is 0 Å². The molecule has 6 heteroatoms. The predicted molar refractivity (Wildman–Crippen MR) is 86.5 cm³/mol. The van der Waals surface area contributed by atoms with Crippen molar-refractivity contribution in [2.75, 3.05) is 0 Å². The smallest absolute Gasteiger partial charge is 0.152 e. The summed E-state index contributed by atoms with van der Waals surface area (Å²) in [6.07, 6.45) is 0. The maximum Gasteiger partial charge on any atom is 0.152 e. The monoisotopic (exact) mass is 420 g/mol. The Bertz CT molecular complexity index is 669. The molecule has 2 nitrogen and oxygen atoms in total. The van der Waals surface area contributed by atoms with Crippen molar-refractivity contribution in [2.45, 2.75) is 26.2 Å². The first-order valence-corrected chi connectivity index (χ1v) is 7.85. The van der Waals surface area contributed by atoms with Crippen molar-refractivity contribution in [3.05, 3.63) is 43.9 Å². The molecule has 1 heterocycles. The Balaban J connectivity index is 2.65. The van der Waals surface area contributed by atoms with Crippen molar-refractivity contribution < 1.29 is 4.39 Å². The summed E-state index contributed by atoms with van der Waals surface area (Å²) < 4.78 is 15.4. The van der Waals surface area contributed by atoms with E-state index in [1.807, 2.05) is 20.8 Å². The lowest BCUT2D eigenvalue weighted by Gasteiger charge is -2.18. The molecule has 0 bridgehead atoms. The summed E-state index contributed by atoms with van der Waals surface area (Å²) in [4.78, 5) is 8.79. The third-order valence-corrected chi connectivity index (χ3v) is 4.34. The van der Waals surface area contributed by atoms with Gasteiger partial charge in [0.15, 0.2) is 5.82 Å². The Morgan fingerprint density at radius 3 is 2.40 bits per heavy atom. The summed E-state index contributed by atoms with van der Waals surface area (Å²) in [7, 11) is 0. The molecule has 0 spiro atoms. The molecule has 0 N–H and O–H groups in total. The molecular weight excluding hydrogens is 410 g/mol. The second-order valence-electron chi connectivity index (χ2n) is 5.37. The molecule has 0 aliphatic rings. The molecule has 20 heavy (non-hydrogen) atoms. The highest BCUT2D eigenvalue weighted by Crippen LogP contribution is 2.33. The summed E-state index contributed by atoms with van der Waals surface area (Å²) in [6, 6.07) is 5.03. The largest absolute Gasteiger partial charge is 0.232 e. The van der Waals surface area contributed by atoms with Crippen LogP contribution in [0.5, 0.6) is 0 Å². The summed E-state index contributed by atoms with van der Waals surface area (Å²) in [5.41, 5.74) is 0.629. The van der Waals surface area contributed by atoms with Crippen LogP contribution in [0.2, 0.25) is 5.02 Å². The molecule has 0 saturated heterocycles. The molecular formula is C14H12Br2ClFN2. The van der Waals surface area contributed by atoms with Gasteiger partial charge >= 0.3 is 0 Å². The Kier molecular flexibility index (Phi) is 4.52. The Hall–Kier alpha value is -0.520. The van der Waals surface area contributed by atoms with E-state index in [4.69, 9.17) is 11.6 Å². The van der Waals surface area contributed by atoms with E-state index in [9.17, 15) is 4.39 Å². The minimum atomic E-state index is -0.494. The highest BCUT2D eigenvalue weighted by Gasteiger charge is 2.21. The van der Waals surface area contributed by atoms with Gasteiger partial charge < -0.3 is 0 Å². The zero-order chi connectivity index (χ0) is 15.1. The van der Waals surface area contributed by atoms with Crippen LogP contribution in [0.15, 0.2) is 27.3 Å². The lowest BCUT2D eigenvalue weighted by atomic mass is 9.95. The molecule has 2 aromatic rings. The number of nitrogens with zero attached hydrogens (tertiary/aromatic N) is 2. The van der Waals surface area contributed by atoms with Crippen LogP contribution in [0, 0.1) is 5.82 Å². The van der Waals surface area contributed by atoms with Crippen LogP contribution in [-0.4, -0.2) is 9.97 Å². The average molecular weight is 423 g/mol. The molecule has 0 fully saturated rings. The molecule has 1 aromatic heterocycles. The van der Waals surface area contributed by atoms with E-state index in [0.717, 1.165) is 0 Å². The van der Waals surface area contributed by atoms with Crippen LogP contribution in [0.25, 0.3) is 11.3 Å². The van der Waals surface area contributed by atoms with E-state index in [2.05, 4.69) is 41.8 Å². The van der Waals surface area contributed by atoms with Crippen LogP contribution >= 0.6 is 43.5 Å². The number of benzene rings is 1. The van der Waals surface area contributed by atoms with Crippen molar-refractivity contribution in [1.82, 2.24) is 9.97 Å². The van der Waals surface area contributed by atoms with E-state index in [1.54, 1.807) is 18.2 Å². The summed E-state index contributed by atoms with van der Waals surface area (Å²) in [5, 5.41) is 0.0505. The molecule has 0 aliphatic heterocycles. The molecule has 0 unspecified atom stereocenters. The first-order valence-electron chi connectivity index (χ1n) is 5.89. The Labute approximate surface area is 139 Å². The summed E-state index contributed by atoms with van der Waals surface area (Å²) in [6.45, 7) is 6.01. The van der Waals surface area contributed by atoms with Gasteiger partial charge in [0.05, 0.1) is 10.7 Å². The summed E-state index contributed by atoms with van der Waals surface area (Å²) in [5.74, 6) is 0.145. The number of rotatable bonds is 1. The molecule has 1 aromatic carbocycles. The van der Waals surface area contributed by atoms with Crippen molar-refractivity contribution in [3.63, 3.8) is 0 Å². The fraction of sp³-hybridized carbons (Fsp3) is 0.286. The first-order chi connectivity index (χ1) is 9.20. The third kappa shape index (κ3) is 3.21. The molecule has 0 radical (unpaired) electrons. The second-order valence-corrected chi connectivity index (χ2v) is 7.42. The number of halogens is 4. The highest BCUT2D eigenvalue weighted by atomic mass is 79.9. The molecule has 0 aliphatic carbocycles. The lowest BCUT2D eigenvalue weighted by Crippen LogP contribution is -2.16. The van der Waals surface area contributed by atoms with Crippen LogP contribution < -0.4 is 0 Å². The number of aromatic nitrogens is 2. The molecule has 0 saturated carbocycles. The van der Waals surface area contributed by atoms with Gasteiger partial charge in [-0.05, 0) is 50.1 Å². The first kappa shape index (κ1) is 15.9. The zero-order valence-corrected chi connectivity index (χ0v) is 15.1. The predicted octanol–water partition coefficient (Wildman–Crippen LogP) is 5.76. The topological polar surface area (TPSA) is 25.8 Å². The van der Waals surface area contributed by atoms with Crippen LogP contribution in [0.4, 0.5) is 4.39 Å². The number of hydrogen-bond donors (Lipinski definition) is 0. The Morgan fingerprint density at radius 1 is 1.15 bits per heavy atom. The van der Waals surface area contributed by atoms with Crippen molar-refractivity contribution in [3.8, 4) is 11.3 Å². The lowest BCUT2D eigenvalue weighted by molar-refractivity contribution is 0.544. The van der Waals surface area contributed by atoms with Crippen LogP contribution in [-0.2, 0) is 5.41 Å². The van der Waals surface area contributed by atoms with E-state index in [1.165, 1.54) is 0 Å². The average Bonchev–Trinajstić information content (AvgIpc) is 2.34. The maximum atomic E-state index is 14.3. The van der Waals surface area contributed by atoms with Gasteiger partial charge in [0.1, 0.15) is 10.4 Å². The van der Waals surface area contributed by atoms with E-state index >= 15 is 0 Å². The van der Waals surface area contributed by atoms with Gasteiger partial charge in [0.25, 0.3) is 0 Å². The summed E-state index contributed by atoms with van der Waals surface area (Å²) >= 11 is 12.5. The second kappa shape index (κ2) is 5.70. The Morgan fingerprint density at radius 2 is 1.80 bits per heavy atom. The highest BCUT2D eigenvalue weighted by molar-refractivity contribution is 9.10. The van der Waals surface area contributed by atoms with Crippen molar-refractivity contribution in [1.29, 1.82) is 0 Å². The van der Waals surface area contributed by atoms with Gasteiger partial charge in [-0.2, -0.15) is 0 Å². The molecule has 106 valence electrons. The number of hydrogen-bond acceptors (Lipinski definition) is 2. The van der Waals surface area contributed by atoms with Crippen LogP contribution in [0.1, 0.15) is 26.6 Å². The molecule has 0 amide bonds. The third-order valence-electron chi connectivity index (χ3n) is 2.68. The fourth-order valence-corrected chi connectivity index (χ4v) is 2.47. The standard InChI is InChI=1S/C14H12Br2ClFN2/c1-14(2,3)13-19-9(6-10(16)20-13)7-4-5-8(15)11(17)12(7)18/h4-6H,1-3H3. The van der Waals surface area contributed by atoms with Gasteiger partial charge in [-0.15, -0.1) is 0 Å². The van der Waals surface area contributed by atoms with E-state index in [-0.39, 0.29) is 10.4 Å². The van der Waals surface area contributed by atoms with Gasteiger partial charge in [0, 0.05) is 15.5 Å². The normalized spacial score (nSPS) is 11.8. The van der Waals surface area contributed by atoms with Crippen molar-refractivity contribution in [2.24, 2.45) is 0 Å². The van der Waals surface area contributed by atoms with Crippen molar-refractivity contribution >= 4 is 43.5 Å². The van der Waals surface area contributed by atoms with Gasteiger partial charge in [-0.25, -0.2) is 14.4 Å².